The minimum atomic E-state index is -4.39. The van der Waals surface area contributed by atoms with Crippen LogP contribution >= 0.6 is 0 Å². The molecule has 2 heterocycles. The van der Waals surface area contributed by atoms with Gasteiger partial charge in [0.05, 0.1) is 73.9 Å². The average Bonchev–Trinajstić information content (AvgIpc) is 3.18. The van der Waals surface area contributed by atoms with Gasteiger partial charge < -0.3 is 0 Å². The second-order valence-electron chi connectivity index (χ2n) is 14.8. The van der Waals surface area contributed by atoms with Crippen molar-refractivity contribution in [1.82, 2.24) is 9.97 Å². The van der Waals surface area contributed by atoms with Gasteiger partial charge in [-0.25, -0.2) is 9.97 Å². The first-order valence-electron chi connectivity index (χ1n) is 19.1. The summed E-state index contributed by atoms with van der Waals surface area (Å²) in [5, 5.41) is 0. The van der Waals surface area contributed by atoms with E-state index in [1.807, 2.05) is 69.3 Å². The maximum absolute atomic E-state index is 13.0. The molecule has 2 aromatic heterocycles. The molecule has 0 bridgehead atoms. The van der Waals surface area contributed by atoms with Crippen molar-refractivity contribution in [2.75, 3.05) is 0 Å². The Morgan fingerprint density at radius 3 is 1.14 bits per heavy atom. The third-order valence-electron chi connectivity index (χ3n) is 9.87. The van der Waals surface area contributed by atoms with Crippen molar-refractivity contribution in [3.8, 4) is 0 Å². The largest absolute Gasteiger partial charge is 0.416 e. The van der Waals surface area contributed by atoms with Gasteiger partial charge in [0.1, 0.15) is 0 Å². The Labute approximate surface area is 339 Å². The number of aliphatic imine (C=N–C) groups is 4. The second kappa shape index (κ2) is 17.4. The maximum atomic E-state index is 13.0. The van der Waals surface area contributed by atoms with E-state index in [-0.39, 0.29) is 0 Å². The number of benzene rings is 4. The minimum absolute atomic E-state index is 0.421. The van der Waals surface area contributed by atoms with Crippen LogP contribution in [0.2, 0.25) is 0 Å². The van der Waals surface area contributed by atoms with Crippen LogP contribution in [0.1, 0.15) is 95.0 Å². The van der Waals surface area contributed by atoms with Gasteiger partial charge >= 0.3 is 6.18 Å². The summed E-state index contributed by atoms with van der Waals surface area (Å²) in [7, 11) is 0. The van der Waals surface area contributed by atoms with Crippen LogP contribution in [0.3, 0.4) is 0 Å². The number of hydrogen-bond donors (Lipinski definition) is 0. The number of halogens is 3. The number of alkyl halides is 3. The molecule has 0 aliphatic heterocycles. The van der Waals surface area contributed by atoms with Crippen molar-refractivity contribution in [3.63, 3.8) is 0 Å². The lowest BCUT2D eigenvalue weighted by molar-refractivity contribution is -0.137. The highest BCUT2D eigenvalue weighted by atomic mass is 19.4. The van der Waals surface area contributed by atoms with Crippen LogP contribution < -0.4 is 0 Å². The molecule has 6 rings (SSSR count). The highest BCUT2D eigenvalue weighted by Crippen LogP contribution is 2.32. The van der Waals surface area contributed by atoms with Crippen LogP contribution in [0.25, 0.3) is 0 Å². The predicted octanol–water partition coefficient (Wildman–Crippen LogP) is 13.2. The summed E-state index contributed by atoms with van der Waals surface area (Å²) < 4.78 is 39.0. The van der Waals surface area contributed by atoms with Crippen LogP contribution in [0.15, 0.2) is 129 Å². The van der Waals surface area contributed by atoms with E-state index < -0.39 is 11.7 Å². The smallest absolute Gasteiger partial charge is 0.252 e. The van der Waals surface area contributed by atoms with Crippen molar-refractivity contribution in [1.29, 1.82) is 0 Å². The van der Waals surface area contributed by atoms with Crippen molar-refractivity contribution >= 4 is 45.6 Å². The number of rotatable bonds is 10. The van der Waals surface area contributed by atoms with Gasteiger partial charge in [-0.2, -0.15) is 13.2 Å². The summed E-state index contributed by atoms with van der Waals surface area (Å²) in [4.78, 5) is 29.0. The molecule has 0 saturated heterocycles. The van der Waals surface area contributed by atoms with Crippen LogP contribution in [-0.4, -0.2) is 32.8 Å². The average molecular weight is 777 g/mol. The van der Waals surface area contributed by atoms with Crippen LogP contribution in [0.5, 0.6) is 0 Å². The lowest BCUT2D eigenvalue weighted by Crippen LogP contribution is -2.05. The second-order valence-corrected chi connectivity index (χ2v) is 14.8. The van der Waals surface area contributed by atoms with Gasteiger partial charge in [0.2, 0.25) is 0 Å². The van der Waals surface area contributed by atoms with E-state index in [4.69, 9.17) is 24.9 Å². The van der Waals surface area contributed by atoms with Gasteiger partial charge in [0.15, 0.2) is 0 Å². The molecule has 0 fully saturated rings. The molecule has 6 aromatic rings. The molecule has 0 aliphatic carbocycles. The molecular weight excluding hydrogens is 730 g/mol. The van der Waals surface area contributed by atoms with Gasteiger partial charge in [0.25, 0.3) is 0 Å². The van der Waals surface area contributed by atoms with E-state index in [2.05, 4.69) is 76.0 Å². The van der Waals surface area contributed by atoms with Gasteiger partial charge in [-0.15, -0.1) is 0 Å². The molecule has 0 radical (unpaired) electrons. The third kappa shape index (κ3) is 10.1. The Kier molecular flexibility index (Phi) is 12.4. The maximum Gasteiger partial charge on any atom is 0.416 e. The zero-order valence-corrected chi connectivity index (χ0v) is 34.4. The van der Waals surface area contributed by atoms with Gasteiger partial charge in [0, 0.05) is 0 Å². The number of aromatic nitrogens is 2. The van der Waals surface area contributed by atoms with E-state index in [0.29, 0.717) is 22.8 Å². The van der Waals surface area contributed by atoms with E-state index in [1.165, 1.54) is 28.8 Å². The Balaban J connectivity index is 1.17. The first-order chi connectivity index (χ1) is 27.5. The fourth-order valence-corrected chi connectivity index (χ4v) is 6.86. The predicted molar refractivity (Wildman–Crippen MR) is 233 cm³/mol. The van der Waals surface area contributed by atoms with Crippen LogP contribution in [0.4, 0.5) is 35.9 Å². The van der Waals surface area contributed by atoms with E-state index in [0.717, 1.165) is 86.4 Å². The fourth-order valence-electron chi connectivity index (χ4n) is 6.86. The standard InChI is InChI=1S/C49H47F3N6/c1-29-16-20-41(21-17-29)53-34(6)43-12-10-14-45(57-43)36(8)55-47-30(2)24-38(25-31(47)3)28-39-26-32(4)48(33(5)27-39)56-37(9)46-15-11-13-44(58-46)35(7)54-42-22-18-40(19-23-42)49(50,51)52/h10-27H,28H2,1-9H3. The number of pyridine rings is 2. The molecule has 0 saturated carbocycles. The first-order valence-corrected chi connectivity index (χ1v) is 19.1. The molecule has 294 valence electrons. The SMILES string of the molecule is CC(=Nc1ccc(C)cc1)c1cccc(C(C)=Nc2c(C)cc(Cc3cc(C)c(N=C(C)c4cccc(C(C)=Nc5ccc(C(F)(F)F)cc5)n4)c(C)c3)cc2C)n1. The lowest BCUT2D eigenvalue weighted by atomic mass is 9.96. The van der Waals surface area contributed by atoms with E-state index >= 15 is 0 Å². The van der Waals surface area contributed by atoms with Crippen molar-refractivity contribution in [2.24, 2.45) is 20.0 Å². The zero-order valence-electron chi connectivity index (χ0n) is 34.4. The van der Waals surface area contributed by atoms with Gasteiger partial charge in [-0.1, -0.05) is 54.1 Å². The van der Waals surface area contributed by atoms with Crippen LogP contribution in [0, 0.1) is 34.6 Å². The highest BCUT2D eigenvalue weighted by Gasteiger charge is 2.30. The van der Waals surface area contributed by atoms with Crippen molar-refractivity contribution < 1.29 is 13.2 Å². The topological polar surface area (TPSA) is 75.2 Å². The molecule has 0 atom stereocenters. The molecule has 0 amide bonds. The third-order valence-corrected chi connectivity index (χ3v) is 9.87. The van der Waals surface area contributed by atoms with Crippen molar-refractivity contribution in [3.05, 3.63) is 176 Å². The molecule has 58 heavy (non-hydrogen) atoms. The van der Waals surface area contributed by atoms with Crippen molar-refractivity contribution in [2.45, 2.75) is 74.9 Å². The molecular formula is C49H47F3N6. The molecule has 0 aliphatic rings. The zero-order chi connectivity index (χ0) is 41.7. The monoisotopic (exact) mass is 776 g/mol. The molecule has 0 spiro atoms. The van der Waals surface area contributed by atoms with Gasteiger partial charge in [-0.05, 0) is 163 Å². The number of hydrogen-bond acceptors (Lipinski definition) is 6. The lowest BCUT2D eigenvalue weighted by Gasteiger charge is -2.13. The Hall–Kier alpha value is -6.35. The Morgan fingerprint density at radius 1 is 0.466 bits per heavy atom. The quantitative estimate of drug-likeness (QED) is 0.130. The summed E-state index contributed by atoms with van der Waals surface area (Å²) in [6.07, 6.45) is -3.63. The molecule has 9 heteroatoms. The molecule has 6 nitrogen and oxygen atoms in total. The van der Waals surface area contributed by atoms with Gasteiger partial charge in [-0.3, -0.25) is 20.0 Å². The number of nitrogens with zero attached hydrogens (tertiary/aromatic N) is 6. The molecule has 4 aromatic carbocycles. The Morgan fingerprint density at radius 2 is 0.793 bits per heavy atom. The molecule has 0 N–H and O–H groups in total. The molecule has 0 unspecified atom stereocenters. The summed E-state index contributed by atoms with van der Waals surface area (Å²) in [6.45, 7) is 18.1. The summed E-state index contributed by atoms with van der Waals surface area (Å²) in [5.74, 6) is 0. The van der Waals surface area contributed by atoms with E-state index in [1.54, 1.807) is 6.92 Å². The normalized spacial score (nSPS) is 13.0. The minimum Gasteiger partial charge on any atom is -0.252 e. The number of aryl methyl sites for hydroxylation is 5. The highest BCUT2D eigenvalue weighted by molar-refractivity contribution is 6.03. The van der Waals surface area contributed by atoms with Crippen LogP contribution in [-0.2, 0) is 12.6 Å². The van der Waals surface area contributed by atoms with E-state index in [9.17, 15) is 13.2 Å². The fraction of sp³-hybridized carbons (Fsp3) is 0.224. The first kappa shape index (κ1) is 41.3. The summed E-state index contributed by atoms with van der Waals surface area (Å²) in [5.41, 5.74) is 16.3. The summed E-state index contributed by atoms with van der Waals surface area (Å²) >= 11 is 0. The summed E-state index contributed by atoms with van der Waals surface area (Å²) in [6, 6.07) is 33.3. The Bertz CT molecular complexity index is 2550.